The summed E-state index contributed by atoms with van der Waals surface area (Å²) in [6.07, 6.45) is 2.16. The van der Waals surface area contributed by atoms with E-state index in [1.165, 1.54) is 11.5 Å². The minimum Gasteiger partial charge on any atom is -0.382 e. The summed E-state index contributed by atoms with van der Waals surface area (Å²) in [5, 5.41) is 3.94. The highest BCUT2D eigenvalue weighted by molar-refractivity contribution is 7.99. The Labute approximate surface area is 121 Å². The van der Waals surface area contributed by atoms with Crippen molar-refractivity contribution in [2.24, 2.45) is 0 Å². The van der Waals surface area contributed by atoms with Crippen molar-refractivity contribution in [2.45, 2.75) is 31.8 Å². The molecule has 104 valence electrons. The number of aromatic nitrogens is 1. The number of nitrogens with zero attached hydrogens (tertiary/aromatic N) is 2. The molecular formula is C12H18N4OS2. The van der Waals surface area contributed by atoms with Gasteiger partial charge in [0.15, 0.2) is 5.82 Å². The molecule has 3 N–H and O–H groups in total. The van der Waals surface area contributed by atoms with Gasteiger partial charge in [0.05, 0.1) is 0 Å². The Bertz CT molecular complexity index is 486. The smallest absolute Gasteiger partial charge is 0.258 e. The van der Waals surface area contributed by atoms with Gasteiger partial charge in [0, 0.05) is 30.1 Å². The maximum Gasteiger partial charge on any atom is 0.258 e. The third kappa shape index (κ3) is 2.67. The second kappa shape index (κ2) is 5.20. The van der Waals surface area contributed by atoms with Crippen molar-refractivity contribution < 1.29 is 4.79 Å². The number of rotatable bonds is 3. The molecule has 7 heteroatoms. The van der Waals surface area contributed by atoms with Crippen LogP contribution in [-0.2, 0) is 0 Å². The van der Waals surface area contributed by atoms with Crippen molar-refractivity contribution >= 4 is 40.0 Å². The third-order valence-electron chi connectivity index (χ3n) is 3.47. The summed E-state index contributed by atoms with van der Waals surface area (Å²) < 4.78 is 4.19. The summed E-state index contributed by atoms with van der Waals surface area (Å²) in [5.74, 6) is 2.48. The molecule has 1 atom stereocenters. The van der Waals surface area contributed by atoms with Gasteiger partial charge in [-0.2, -0.15) is 16.1 Å². The topological polar surface area (TPSA) is 71.2 Å². The maximum absolute atomic E-state index is 12.3. The van der Waals surface area contributed by atoms with Gasteiger partial charge in [0.1, 0.15) is 10.6 Å². The van der Waals surface area contributed by atoms with E-state index in [0.717, 1.165) is 35.9 Å². The van der Waals surface area contributed by atoms with Gasteiger partial charge in [-0.05, 0) is 31.3 Å². The van der Waals surface area contributed by atoms with E-state index in [2.05, 4.69) is 21.5 Å². The van der Waals surface area contributed by atoms with E-state index in [1.54, 1.807) is 0 Å². The number of nitrogen functional groups attached to an aromatic ring is 1. The van der Waals surface area contributed by atoms with Gasteiger partial charge in [-0.15, -0.1) is 0 Å². The highest BCUT2D eigenvalue weighted by Gasteiger charge is 2.31. The summed E-state index contributed by atoms with van der Waals surface area (Å²) in [4.78, 5) is 14.6. The lowest BCUT2D eigenvalue weighted by Gasteiger charge is -2.34. The van der Waals surface area contributed by atoms with Gasteiger partial charge in [0.25, 0.3) is 5.91 Å². The maximum atomic E-state index is 12.3. The quantitative estimate of drug-likeness (QED) is 0.886. The van der Waals surface area contributed by atoms with E-state index >= 15 is 0 Å². The van der Waals surface area contributed by atoms with Crippen molar-refractivity contribution in [3.63, 3.8) is 0 Å². The summed E-state index contributed by atoms with van der Waals surface area (Å²) in [6, 6.07) is 0.764. The highest BCUT2D eigenvalue weighted by atomic mass is 32.2. The highest BCUT2D eigenvalue weighted by Crippen LogP contribution is 2.34. The van der Waals surface area contributed by atoms with Crippen LogP contribution in [0.2, 0.25) is 0 Å². The second-order valence-electron chi connectivity index (χ2n) is 5.11. The molecule has 0 aromatic carbocycles. The lowest BCUT2D eigenvalue weighted by Crippen LogP contribution is -2.41. The Morgan fingerprint density at radius 1 is 1.53 bits per heavy atom. The van der Waals surface area contributed by atoms with Crippen molar-refractivity contribution in [2.75, 3.05) is 28.7 Å². The number of hydrogen-bond acceptors (Lipinski definition) is 6. The molecule has 1 amide bonds. The van der Waals surface area contributed by atoms with E-state index in [4.69, 9.17) is 5.73 Å². The summed E-state index contributed by atoms with van der Waals surface area (Å²) >= 11 is 3.30. The van der Waals surface area contributed by atoms with Crippen molar-refractivity contribution in [3.05, 3.63) is 5.56 Å². The van der Waals surface area contributed by atoms with Crippen molar-refractivity contribution in [1.29, 1.82) is 0 Å². The number of anilines is 2. The molecule has 5 nitrogen and oxygen atoms in total. The zero-order chi connectivity index (χ0) is 13.4. The molecule has 1 aliphatic heterocycles. The zero-order valence-corrected chi connectivity index (χ0v) is 12.5. The third-order valence-corrected chi connectivity index (χ3v) is 5.56. The molecule has 1 aromatic heterocycles. The number of carbonyl (C=O) groups excluding carboxylic acids is 1. The monoisotopic (exact) mass is 298 g/mol. The molecule has 1 aliphatic carbocycles. The molecule has 1 aromatic rings. The molecule has 2 fully saturated rings. The van der Waals surface area contributed by atoms with Crippen LogP contribution in [0, 0.1) is 0 Å². The van der Waals surface area contributed by atoms with Crippen LogP contribution >= 0.6 is 23.3 Å². The molecule has 2 aliphatic rings. The lowest BCUT2D eigenvalue weighted by atomic mass is 10.2. The van der Waals surface area contributed by atoms with Crippen LogP contribution in [0.3, 0.4) is 0 Å². The Morgan fingerprint density at radius 3 is 3.00 bits per heavy atom. The van der Waals surface area contributed by atoms with Gasteiger partial charge in [0.2, 0.25) is 0 Å². The first-order chi connectivity index (χ1) is 9.16. The van der Waals surface area contributed by atoms with E-state index in [1.807, 2.05) is 11.8 Å². The molecule has 0 spiro atoms. The minimum absolute atomic E-state index is 0.0609. The number of nitrogens with two attached hydrogens (primary N) is 1. The molecule has 1 unspecified atom stereocenters. The molecule has 2 heterocycles. The molecule has 1 saturated carbocycles. The average molecular weight is 298 g/mol. The van der Waals surface area contributed by atoms with Gasteiger partial charge in [-0.25, -0.2) is 0 Å². The first-order valence-corrected chi connectivity index (χ1v) is 8.50. The van der Waals surface area contributed by atoms with Crippen molar-refractivity contribution in [1.82, 2.24) is 9.69 Å². The fourth-order valence-corrected chi connectivity index (χ4v) is 4.17. The van der Waals surface area contributed by atoms with Gasteiger partial charge in [-0.3, -0.25) is 4.79 Å². The van der Waals surface area contributed by atoms with Crippen LogP contribution < -0.4 is 16.0 Å². The molecule has 3 rings (SSSR count). The van der Waals surface area contributed by atoms with Crippen LogP contribution in [0.5, 0.6) is 0 Å². The fraction of sp³-hybridized carbons (Fsp3) is 0.667. The second-order valence-corrected chi connectivity index (χ2v) is 7.01. The van der Waals surface area contributed by atoms with Crippen LogP contribution in [0.4, 0.5) is 10.8 Å². The number of nitrogens with one attached hydrogen (secondary N) is 1. The molecule has 0 bridgehead atoms. The molecule has 1 saturated heterocycles. The predicted molar refractivity (Wildman–Crippen MR) is 81.1 cm³/mol. The standard InChI is InChI=1S/C12H18N4OS2/c1-7-6-18-5-4-16(7)12-9(10(13)15-19-12)11(17)14-8-2-3-8/h7-8H,2-6H2,1H3,(H2,13,15)(H,14,17). The molecule has 0 radical (unpaired) electrons. The van der Waals surface area contributed by atoms with Gasteiger partial charge < -0.3 is 16.0 Å². The number of carbonyl (C=O) groups is 1. The summed E-state index contributed by atoms with van der Waals surface area (Å²) in [5.41, 5.74) is 6.48. The largest absolute Gasteiger partial charge is 0.382 e. The van der Waals surface area contributed by atoms with Crippen LogP contribution in [0.25, 0.3) is 0 Å². The first kappa shape index (κ1) is 13.1. The van der Waals surface area contributed by atoms with E-state index < -0.39 is 0 Å². The number of amides is 1. The Kier molecular flexibility index (Phi) is 3.58. The minimum atomic E-state index is -0.0609. The normalized spacial score (nSPS) is 23.4. The van der Waals surface area contributed by atoms with Gasteiger partial charge >= 0.3 is 0 Å². The van der Waals surface area contributed by atoms with E-state index in [0.29, 0.717) is 23.5 Å². The van der Waals surface area contributed by atoms with Crippen LogP contribution in [0.1, 0.15) is 30.1 Å². The molecular weight excluding hydrogens is 280 g/mol. The molecule has 19 heavy (non-hydrogen) atoms. The number of thioether (sulfide) groups is 1. The first-order valence-electron chi connectivity index (χ1n) is 6.57. The zero-order valence-electron chi connectivity index (χ0n) is 10.9. The Balaban J connectivity index is 1.86. The van der Waals surface area contributed by atoms with E-state index in [-0.39, 0.29) is 5.91 Å². The Hall–Kier alpha value is -0.950. The lowest BCUT2D eigenvalue weighted by molar-refractivity contribution is 0.0952. The predicted octanol–water partition coefficient (Wildman–Crippen LogP) is 1.56. The van der Waals surface area contributed by atoms with Crippen LogP contribution in [0.15, 0.2) is 0 Å². The van der Waals surface area contributed by atoms with E-state index in [9.17, 15) is 4.79 Å². The van der Waals surface area contributed by atoms with Crippen molar-refractivity contribution in [3.8, 4) is 0 Å². The SMILES string of the molecule is CC1CSCCN1c1snc(N)c1C(=O)NC1CC1. The summed E-state index contributed by atoms with van der Waals surface area (Å²) in [6.45, 7) is 3.14. The van der Waals surface area contributed by atoms with Gasteiger partial charge in [-0.1, -0.05) is 0 Å². The van der Waals surface area contributed by atoms with Crippen LogP contribution in [-0.4, -0.2) is 40.4 Å². The number of hydrogen-bond donors (Lipinski definition) is 2. The summed E-state index contributed by atoms with van der Waals surface area (Å²) in [7, 11) is 0. The fourth-order valence-electron chi connectivity index (χ4n) is 2.22. The Morgan fingerprint density at radius 2 is 2.32 bits per heavy atom. The average Bonchev–Trinajstić information content (AvgIpc) is 3.11.